The lowest BCUT2D eigenvalue weighted by Gasteiger charge is -2.25. The molecule has 1 N–H and O–H groups in total. The molecule has 31 heavy (non-hydrogen) atoms. The number of sulfonamides is 1. The Bertz CT molecular complexity index is 1030. The van der Waals surface area contributed by atoms with Crippen LogP contribution in [0, 0.1) is 6.92 Å². The van der Waals surface area contributed by atoms with Crippen LogP contribution in [0.25, 0.3) is 0 Å². The van der Waals surface area contributed by atoms with E-state index < -0.39 is 15.9 Å². The molecule has 0 heterocycles. The fraction of sp³-hybridized carbons (Fsp3) is 0.391. The van der Waals surface area contributed by atoms with Gasteiger partial charge in [-0.05, 0) is 68.5 Å². The first kappa shape index (κ1) is 23.3. The first-order valence-corrected chi connectivity index (χ1v) is 12.4. The monoisotopic (exact) mass is 461 g/mol. The van der Waals surface area contributed by atoms with Gasteiger partial charge in [-0.2, -0.15) is 5.10 Å². The van der Waals surface area contributed by atoms with Gasteiger partial charge in [0, 0.05) is 10.7 Å². The van der Waals surface area contributed by atoms with Crippen molar-refractivity contribution in [1.29, 1.82) is 0 Å². The van der Waals surface area contributed by atoms with E-state index >= 15 is 0 Å². The number of benzene rings is 2. The van der Waals surface area contributed by atoms with Crippen LogP contribution in [0.1, 0.15) is 50.5 Å². The lowest BCUT2D eigenvalue weighted by Crippen LogP contribution is -2.40. The normalized spacial score (nSPS) is 15.0. The van der Waals surface area contributed by atoms with Crippen molar-refractivity contribution in [2.24, 2.45) is 5.10 Å². The highest BCUT2D eigenvalue weighted by Gasteiger charge is 2.28. The van der Waals surface area contributed by atoms with Crippen LogP contribution < -0.4 is 9.73 Å². The van der Waals surface area contributed by atoms with Gasteiger partial charge in [-0.25, -0.2) is 13.8 Å². The van der Waals surface area contributed by atoms with Crippen LogP contribution in [0.4, 0.5) is 5.69 Å². The molecule has 0 aromatic heterocycles. The predicted molar refractivity (Wildman–Crippen MR) is 125 cm³/mol. The largest absolute Gasteiger partial charge is 0.271 e. The van der Waals surface area contributed by atoms with Crippen molar-refractivity contribution >= 4 is 38.9 Å². The molecular formula is C23H28ClN3O3S. The maximum absolute atomic E-state index is 13.4. The number of hydrogen-bond donors (Lipinski definition) is 1. The van der Waals surface area contributed by atoms with Crippen LogP contribution in [0.15, 0.2) is 58.5 Å². The van der Waals surface area contributed by atoms with E-state index in [0.29, 0.717) is 16.3 Å². The molecule has 1 amide bonds. The zero-order valence-electron chi connectivity index (χ0n) is 17.7. The van der Waals surface area contributed by atoms with Crippen LogP contribution in [0.3, 0.4) is 0 Å². The topological polar surface area (TPSA) is 78.8 Å². The Morgan fingerprint density at radius 2 is 1.68 bits per heavy atom. The average molecular weight is 462 g/mol. The minimum absolute atomic E-state index is 0.114. The Labute approximate surface area is 189 Å². The Morgan fingerprint density at radius 3 is 2.32 bits per heavy atom. The molecule has 2 aromatic carbocycles. The molecule has 8 heteroatoms. The summed E-state index contributed by atoms with van der Waals surface area (Å²) >= 11 is 6.05. The molecule has 0 atom stereocenters. The first-order valence-electron chi connectivity index (χ1n) is 10.6. The van der Waals surface area contributed by atoms with Gasteiger partial charge < -0.3 is 0 Å². The highest BCUT2D eigenvalue weighted by Crippen LogP contribution is 2.28. The van der Waals surface area contributed by atoms with Gasteiger partial charge in [0.05, 0.1) is 10.6 Å². The number of carbonyl (C=O) groups excluding carboxylic acids is 1. The Balaban J connectivity index is 1.85. The van der Waals surface area contributed by atoms with Crippen LogP contribution in [-0.2, 0) is 14.8 Å². The molecule has 1 fully saturated rings. The molecule has 1 aliphatic rings. The SMILES string of the molecule is Cc1cc(Cl)ccc1N(CC(=O)NN=C1CCCCCCC1)S(=O)(=O)c1ccccc1. The van der Waals surface area contributed by atoms with E-state index in [1.54, 1.807) is 43.3 Å². The second kappa shape index (κ2) is 10.8. The second-order valence-corrected chi connectivity index (χ2v) is 10.0. The number of amides is 1. The number of hydrazone groups is 1. The van der Waals surface area contributed by atoms with Crippen molar-refractivity contribution in [3.05, 3.63) is 59.1 Å². The highest BCUT2D eigenvalue weighted by molar-refractivity contribution is 7.92. The lowest BCUT2D eigenvalue weighted by atomic mass is 9.99. The van der Waals surface area contributed by atoms with E-state index in [0.717, 1.165) is 35.7 Å². The van der Waals surface area contributed by atoms with Gasteiger partial charge in [-0.15, -0.1) is 0 Å². The molecule has 1 saturated carbocycles. The molecule has 0 spiro atoms. The Kier molecular flexibility index (Phi) is 8.09. The summed E-state index contributed by atoms with van der Waals surface area (Å²) in [4.78, 5) is 12.8. The third kappa shape index (κ3) is 6.31. The van der Waals surface area contributed by atoms with Crippen molar-refractivity contribution < 1.29 is 13.2 Å². The maximum Gasteiger partial charge on any atom is 0.264 e. The van der Waals surface area contributed by atoms with Crippen LogP contribution in [-0.4, -0.2) is 26.6 Å². The summed E-state index contributed by atoms with van der Waals surface area (Å²) in [6, 6.07) is 13.0. The van der Waals surface area contributed by atoms with Crippen LogP contribution in [0.5, 0.6) is 0 Å². The standard InChI is InChI=1S/C23H28ClN3O3S/c1-18-16-19(24)14-15-22(18)27(31(29,30)21-12-8-5-9-13-21)17-23(28)26-25-20-10-6-3-2-4-7-11-20/h5,8-9,12-16H,2-4,6-7,10-11,17H2,1H3,(H,26,28). The number of hydrogen-bond acceptors (Lipinski definition) is 4. The van der Waals surface area contributed by atoms with Crippen molar-refractivity contribution in [2.45, 2.75) is 56.8 Å². The number of rotatable bonds is 6. The molecular weight excluding hydrogens is 434 g/mol. The van der Waals surface area contributed by atoms with Gasteiger partial charge in [0.15, 0.2) is 0 Å². The average Bonchev–Trinajstić information content (AvgIpc) is 2.72. The van der Waals surface area contributed by atoms with Gasteiger partial charge in [-0.3, -0.25) is 9.10 Å². The summed E-state index contributed by atoms with van der Waals surface area (Å²) in [5, 5.41) is 4.80. The molecule has 0 bridgehead atoms. The molecule has 3 rings (SSSR count). The molecule has 6 nitrogen and oxygen atoms in total. The first-order chi connectivity index (χ1) is 14.9. The quantitative estimate of drug-likeness (QED) is 0.610. The number of nitrogens with zero attached hydrogens (tertiary/aromatic N) is 2. The van der Waals surface area contributed by atoms with E-state index in [9.17, 15) is 13.2 Å². The highest BCUT2D eigenvalue weighted by atomic mass is 35.5. The van der Waals surface area contributed by atoms with Crippen molar-refractivity contribution in [1.82, 2.24) is 5.43 Å². The van der Waals surface area contributed by atoms with Crippen molar-refractivity contribution in [3.8, 4) is 0 Å². The van der Waals surface area contributed by atoms with Gasteiger partial charge >= 0.3 is 0 Å². The molecule has 166 valence electrons. The Morgan fingerprint density at radius 1 is 1.03 bits per heavy atom. The van der Waals surface area contributed by atoms with Gasteiger partial charge in [0.25, 0.3) is 15.9 Å². The predicted octanol–water partition coefficient (Wildman–Crippen LogP) is 5.06. The minimum atomic E-state index is -3.96. The van der Waals surface area contributed by atoms with Crippen molar-refractivity contribution in [2.75, 3.05) is 10.8 Å². The lowest BCUT2D eigenvalue weighted by molar-refractivity contribution is -0.119. The van der Waals surface area contributed by atoms with E-state index in [1.807, 2.05) is 0 Å². The zero-order valence-corrected chi connectivity index (χ0v) is 19.3. The van der Waals surface area contributed by atoms with Gasteiger partial charge in [0.1, 0.15) is 6.54 Å². The van der Waals surface area contributed by atoms with E-state index in [2.05, 4.69) is 10.5 Å². The molecule has 0 unspecified atom stereocenters. The van der Waals surface area contributed by atoms with E-state index in [4.69, 9.17) is 11.6 Å². The summed E-state index contributed by atoms with van der Waals surface area (Å²) in [7, 11) is -3.96. The zero-order chi connectivity index (χ0) is 22.3. The number of carbonyl (C=O) groups is 1. The summed E-state index contributed by atoms with van der Waals surface area (Å²) in [5.74, 6) is -0.483. The van der Waals surface area contributed by atoms with Gasteiger partial charge in [0.2, 0.25) is 0 Å². The van der Waals surface area contributed by atoms with Crippen LogP contribution in [0.2, 0.25) is 5.02 Å². The molecule has 2 aromatic rings. The van der Waals surface area contributed by atoms with E-state index in [1.165, 1.54) is 31.4 Å². The third-order valence-electron chi connectivity index (χ3n) is 5.32. The Hall–Kier alpha value is -2.38. The molecule has 0 saturated heterocycles. The third-order valence-corrected chi connectivity index (χ3v) is 7.32. The fourth-order valence-corrected chi connectivity index (χ4v) is 5.38. The molecule has 0 radical (unpaired) electrons. The second-order valence-electron chi connectivity index (χ2n) is 7.74. The smallest absolute Gasteiger partial charge is 0.264 e. The summed E-state index contributed by atoms with van der Waals surface area (Å²) < 4.78 is 27.9. The number of halogens is 1. The molecule has 0 aliphatic heterocycles. The van der Waals surface area contributed by atoms with Crippen molar-refractivity contribution in [3.63, 3.8) is 0 Å². The van der Waals surface area contributed by atoms with Gasteiger partial charge in [-0.1, -0.05) is 49.1 Å². The maximum atomic E-state index is 13.4. The van der Waals surface area contributed by atoms with Crippen LogP contribution >= 0.6 is 11.6 Å². The number of nitrogens with one attached hydrogen (secondary N) is 1. The number of anilines is 1. The minimum Gasteiger partial charge on any atom is -0.271 e. The summed E-state index contributed by atoms with van der Waals surface area (Å²) in [5.41, 5.74) is 4.60. The number of aryl methyl sites for hydroxylation is 1. The van der Waals surface area contributed by atoms with E-state index in [-0.39, 0.29) is 11.4 Å². The summed E-state index contributed by atoms with van der Waals surface area (Å²) in [6.07, 6.45) is 7.44. The molecule has 1 aliphatic carbocycles. The summed E-state index contributed by atoms with van der Waals surface area (Å²) in [6.45, 7) is 1.39. The fourth-order valence-electron chi connectivity index (χ4n) is 3.65.